The summed E-state index contributed by atoms with van der Waals surface area (Å²) in [6.45, 7) is 7.23. The summed E-state index contributed by atoms with van der Waals surface area (Å²) >= 11 is 4.10. The van der Waals surface area contributed by atoms with Crippen LogP contribution in [0.5, 0.6) is 5.75 Å². The highest BCUT2D eigenvalue weighted by Gasteiger charge is 2.27. The standard InChI is InChI=1S/C28H43N5O5S2/c1-5-37-18-24-31-25-26(33(24)19-28(2,3)32-40(4,35)36)22-13-12-21(17-23(22)30-27(25)29)38-15-10-8-6-7-9-11-20(34)14-16-39/h12-13,17,32,39H,5-11,14-16,18-19H2,1-4H3,(H2,29,30). The molecule has 0 aliphatic rings. The molecule has 10 nitrogen and oxygen atoms in total. The lowest BCUT2D eigenvalue weighted by Crippen LogP contribution is -2.46. The molecular weight excluding hydrogens is 550 g/mol. The van der Waals surface area contributed by atoms with E-state index in [1.807, 2.05) is 43.5 Å². The zero-order valence-corrected chi connectivity index (χ0v) is 25.7. The molecule has 2 heterocycles. The number of hydrogen-bond donors (Lipinski definition) is 3. The number of nitrogen functional groups attached to an aromatic ring is 1. The molecule has 0 spiro atoms. The van der Waals surface area contributed by atoms with Crippen LogP contribution >= 0.6 is 12.6 Å². The smallest absolute Gasteiger partial charge is 0.209 e. The van der Waals surface area contributed by atoms with Crippen LogP contribution in [0.15, 0.2) is 18.2 Å². The number of ketones is 1. The molecular formula is C28H43N5O5S2. The van der Waals surface area contributed by atoms with Crippen LogP contribution in [0.2, 0.25) is 0 Å². The number of benzene rings is 1. The van der Waals surface area contributed by atoms with Crippen LogP contribution in [0, 0.1) is 0 Å². The second-order valence-corrected chi connectivity index (χ2v) is 13.0. The highest BCUT2D eigenvalue weighted by Crippen LogP contribution is 2.32. The van der Waals surface area contributed by atoms with Gasteiger partial charge in [0.15, 0.2) is 5.82 Å². The van der Waals surface area contributed by atoms with E-state index in [9.17, 15) is 13.2 Å². The van der Waals surface area contributed by atoms with Crippen LogP contribution in [-0.2, 0) is 32.7 Å². The molecule has 0 bridgehead atoms. The lowest BCUT2D eigenvalue weighted by Gasteiger charge is -2.27. The minimum atomic E-state index is -3.43. The van der Waals surface area contributed by atoms with E-state index in [0.29, 0.717) is 66.7 Å². The van der Waals surface area contributed by atoms with Gasteiger partial charge in [-0.15, -0.1) is 0 Å². The van der Waals surface area contributed by atoms with Crippen LogP contribution in [0.1, 0.15) is 71.5 Å². The summed E-state index contributed by atoms with van der Waals surface area (Å²) in [7, 11) is -3.43. The van der Waals surface area contributed by atoms with Crippen molar-refractivity contribution in [2.75, 3.05) is 31.0 Å². The summed E-state index contributed by atoms with van der Waals surface area (Å²) in [5, 5.41) is 0.842. The molecule has 1 aromatic carbocycles. The summed E-state index contributed by atoms with van der Waals surface area (Å²) in [5.41, 5.74) is 7.57. The number of ether oxygens (including phenoxy) is 2. The topological polar surface area (TPSA) is 138 Å². The van der Waals surface area contributed by atoms with Gasteiger partial charge in [-0.3, -0.25) is 4.79 Å². The third-order valence-electron chi connectivity index (χ3n) is 6.46. The first-order valence-corrected chi connectivity index (χ1v) is 16.4. The van der Waals surface area contributed by atoms with Crippen molar-refractivity contribution in [2.24, 2.45) is 0 Å². The number of fused-ring (bicyclic) bond motifs is 3. The maximum absolute atomic E-state index is 12.0. The van der Waals surface area contributed by atoms with Crippen molar-refractivity contribution in [1.29, 1.82) is 0 Å². The number of anilines is 1. The number of pyridine rings is 1. The molecule has 0 unspecified atom stereocenters. The van der Waals surface area contributed by atoms with E-state index in [1.165, 1.54) is 0 Å². The SMILES string of the molecule is CCOCc1nc2c(N)nc3cc(OCCCCCCCC(=O)CCS)ccc3c2n1CC(C)(C)NS(C)(=O)=O. The first kappa shape index (κ1) is 32.1. The first-order valence-electron chi connectivity index (χ1n) is 13.8. The lowest BCUT2D eigenvalue weighted by molar-refractivity contribution is -0.118. The van der Waals surface area contributed by atoms with E-state index in [2.05, 4.69) is 22.3 Å². The van der Waals surface area contributed by atoms with Gasteiger partial charge in [-0.05, 0) is 51.5 Å². The molecule has 3 N–H and O–H groups in total. The molecule has 0 atom stereocenters. The van der Waals surface area contributed by atoms with Crippen LogP contribution in [0.4, 0.5) is 5.82 Å². The van der Waals surface area contributed by atoms with Crippen LogP contribution < -0.4 is 15.2 Å². The van der Waals surface area contributed by atoms with Crippen molar-refractivity contribution in [2.45, 2.75) is 84.4 Å². The zero-order chi connectivity index (χ0) is 29.3. The minimum Gasteiger partial charge on any atom is -0.494 e. The van der Waals surface area contributed by atoms with E-state index in [0.717, 1.165) is 49.3 Å². The molecule has 0 saturated carbocycles. The minimum absolute atomic E-state index is 0.258. The van der Waals surface area contributed by atoms with E-state index in [1.54, 1.807) is 0 Å². The Hall–Kier alpha value is -2.41. The normalized spacial score (nSPS) is 12.4. The molecule has 3 rings (SSSR count). The van der Waals surface area contributed by atoms with Crippen LogP contribution in [0.25, 0.3) is 21.9 Å². The van der Waals surface area contributed by atoms with E-state index >= 15 is 0 Å². The van der Waals surface area contributed by atoms with Crippen molar-refractivity contribution in [3.8, 4) is 5.75 Å². The number of carbonyl (C=O) groups excluding carboxylic acids is 1. The van der Waals surface area contributed by atoms with Gasteiger partial charge in [-0.2, -0.15) is 12.6 Å². The van der Waals surface area contributed by atoms with Crippen molar-refractivity contribution < 1.29 is 22.7 Å². The second-order valence-electron chi connectivity index (χ2n) is 10.8. The first-order chi connectivity index (χ1) is 18.9. The Morgan fingerprint density at radius 2 is 1.85 bits per heavy atom. The van der Waals surface area contributed by atoms with Gasteiger partial charge in [0.1, 0.15) is 29.5 Å². The molecule has 3 aromatic rings. The third-order valence-corrected chi connectivity index (χ3v) is 7.61. The average molecular weight is 594 g/mol. The number of sulfonamides is 1. The van der Waals surface area contributed by atoms with Crippen molar-refractivity contribution >= 4 is 56.2 Å². The number of nitrogens with one attached hydrogen (secondary N) is 1. The maximum Gasteiger partial charge on any atom is 0.209 e. The number of nitrogens with zero attached hydrogens (tertiary/aromatic N) is 3. The van der Waals surface area contributed by atoms with Gasteiger partial charge in [0.05, 0.1) is 23.9 Å². The molecule has 0 fully saturated rings. The van der Waals surface area contributed by atoms with Crippen molar-refractivity contribution in [1.82, 2.24) is 19.3 Å². The third kappa shape index (κ3) is 9.32. The molecule has 0 saturated heterocycles. The molecule has 2 aromatic heterocycles. The Morgan fingerprint density at radius 3 is 2.55 bits per heavy atom. The van der Waals surface area contributed by atoms with Gasteiger partial charge in [0, 0.05) is 43.0 Å². The molecule has 0 amide bonds. The van der Waals surface area contributed by atoms with E-state index in [-0.39, 0.29) is 12.4 Å². The quantitative estimate of drug-likeness (QED) is 0.143. The molecule has 0 radical (unpaired) electrons. The Kier molecular flexibility index (Phi) is 11.6. The molecule has 222 valence electrons. The van der Waals surface area contributed by atoms with Gasteiger partial charge in [-0.1, -0.05) is 19.3 Å². The average Bonchev–Trinajstić information content (AvgIpc) is 3.21. The number of carbonyl (C=O) groups is 1. The number of unbranched alkanes of at least 4 members (excludes halogenated alkanes) is 4. The Labute approximate surface area is 242 Å². The summed E-state index contributed by atoms with van der Waals surface area (Å²) in [4.78, 5) is 20.9. The number of rotatable bonds is 18. The largest absolute Gasteiger partial charge is 0.494 e. The highest BCUT2D eigenvalue weighted by atomic mass is 32.2. The summed E-state index contributed by atoms with van der Waals surface area (Å²) in [6.07, 6.45) is 7.37. The number of aromatic nitrogens is 3. The molecule has 0 aliphatic carbocycles. The Morgan fingerprint density at radius 1 is 1.12 bits per heavy atom. The van der Waals surface area contributed by atoms with E-state index < -0.39 is 15.6 Å². The van der Waals surface area contributed by atoms with Crippen molar-refractivity contribution in [3.05, 3.63) is 24.0 Å². The van der Waals surface area contributed by atoms with Gasteiger partial charge in [0.25, 0.3) is 0 Å². The molecule has 40 heavy (non-hydrogen) atoms. The number of Topliss-reactive ketones (excluding diaryl/α,β-unsaturated/α-hetero) is 1. The highest BCUT2D eigenvalue weighted by molar-refractivity contribution is 7.88. The fraction of sp³-hybridized carbons (Fsp3) is 0.607. The number of nitrogens with two attached hydrogens (primary N) is 1. The second kappa shape index (κ2) is 14.5. The molecule has 12 heteroatoms. The van der Waals surface area contributed by atoms with Crippen LogP contribution in [-0.4, -0.2) is 59.5 Å². The molecule has 0 aliphatic heterocycles. The monoisotopic (exact) mass is 593 g/mol. The predicted octanol–water partition coefficient (Wildman–Crippen LogP) is 4.64. The van der Waals surface area contributed by atoms with E-state index in [4.69, 9.17) is 20.2 Å². The number of hydrogen-bond acceptors (Lipinski definition) is 9. The predicted molar refractivity (Wildman–Crippen MR) is 164 cm³/mol. The van der Waals surface area contributed by atoms with Gasteiger partial charge >= 0.3 is 0 Å². The zero-order valence-electron chi connectivity index (χ0n) is 24.0. The fourth-order valence-electron chi connectivity index (χ4n) is 4.83. The van der Waals surface area contributed by atoms with Crippen molar-refractivity contribution in [3.63, 3.8) is 0 Å². The number of imidazole rings is 1. The van der Waals surface area contributed by atoms with Gasteiger partial charge < -0.3 is 19.8 Å². The van der Waals surface area contributed by atoms with Crippen LogP contribution in [0.3, 0.4) is 0 Å². The fourth-order valence-corrected chi connectivity index (χ4v) is 6.14. The summed E-state index contributed by atoms with van der Waals surface area (Å²) in [6, 6.07) is 5.73. The summed E-state index contributed by atoms with van der Waals surface area (Å²) in [5.74, 6) is 2.56. The van der Waals surface area contributed by atoms with Gasteiger partial charge in [-0.25, -0.2) is 23.1 Å². The van der Waals surface area contributed by atoms with Gasteiger partial charge in [0.2, 0.25) is 10.0 Å². The Bertz CT molecular complexity index is 1410. The maximum atomic E-state index is 12.0. The summed E-state index contributed by atoms with van der Waals surface area (Å²) < 4.78 is 40.3. The lowest BCUT2D eigenvalue weighted by atomic mass is 10.1. The number of thiol groups is 1. The Balaban J connectivity index is 1.76.